The molecule has 5 rings (SSSR count). The molecule has 1 saturated heterocycles. The van der Waals surface area contributed by atoms with E-state index in [1.807, 2.05) is 6.20 Å². The van der Waals surface area contributed by atoms with Crippen LogP contribution in [0.25, 0.3) is 10.9 Å². The first-order valence-corrected chi connectivity index (χ1v) is 10.2. The average Bonchev–Trinajstić information content (AvgIpc) is 3.37. The van der Waals surface area contributed by atoms with Gasteiger partial charge in [0, 0.05) is 37.1 Å². The predicted molar refractivity (Wildman–Crippen MR) is 106 cm³/mol. The summed E-state index contributed by atoms with van der Waals surface area (Å²) in [6.45, 7) is 4.63. The topological polar surface area (TPSA) is 14.7 Å². The summed E-state index contributed by atoms with van der Waals surface area (Å²) in [4.78, 5) is 6.97. The molecule has 0 spiro atoms. The van der Waals surface area contributed by atoms with Gasteiger partial charge in [0.15, 0.2) is 5.50 Å². The molecule has 130 valence electrons. The minimum Gasteiger partial charge on any atom is -0.345 e. The highest BCUT2D eigenvalue weighted by Crippen LogP contribution is 2.43. The molecule has 4 nitrogen and oxygen atoms in total. The SMILES string of the molecule is ClC1=CN2C=CSC2N1c1cccc2ccn(CCN3CCCC3)c12. The highest BCUT2D eigenvalue weighted by Gasteiger charge is 2.35. The summed E-state index contributed by atoms with van der Waals surface area (Å²) in [5.41, 5.74) is 2.66. The first kappa shape index (κ1) is 15.7. The van der Waals surface area contributed by atoms with Crippen LogP contribution in [0.1, 0.15) is 12.8 Å². The summed E-state index contributed by atoms with van der Waals surface area (Å²) in [6, 6.07) is 8.72. The molecule has 4 heterocycles. The van der Waals surface area contributed by atoms with E-state index in [4.69, 9.17) is 11.6 Å². The van der Waals surface area contributed by atoms with Gasteiger partial charge in [-0.15, -0.1) is 0 Å². The van der Waals surface area contributed by atoms with Gasteiger partial charge in [-0.3, -0.25) is 4.90 Å². The van der Waals surface area contributed by atoms with Gasteiger partial charge in [-0.1, -0.05) is 35.5 Å². The Morgan fingerprint density at radius 3 is 2.88 bits per heavy atom. The van der Waals surface area contributed by atoms with E-state index in [2.05, 4.69) is 61.3 Å². The number of halogens is 1. The van der Waals surface area contributed by atoms with Crippen LogP contribution in [0.15, 0.2) is 53.4 Å². The smallest absolute Gasteiger partial charge is 0.163 e. The molecule has 1 aromatic heterocycles. The summed E-state index contributed by atoms with van der Waals surface area (Å²) in [5, 5.41) is 4.18. The van der Waals surface area contributed by atoms with Crippen LogP contribution < -0.4 is 4.90 Å². The van der Waals surface area contributed by atoms with E-state index in [1.165, 1.54) is 42.5 Å². The lowest BCUT2D eigenvalue weighted by Crippen LogP contribution is -2.32. The van der Waals surface area contributed by atoms with Crippen molar-refractivity contribution in [3.8, 4) is 0 Å². The van der Waals surface area contributed by atoms with E-state index in [0.29, 0.717) is 0 Å². The Balaban J connectivity index is 1.50. The Kier molecular flexibility index (Phi) is 3.95. The summed E-state index contributed by atoms with van der Waals surface area (Å²) in [6.07, 6.45) is 9.00. The molecule has 0 aliphatic carbocycles. The van der Waals surface area contributed by atoms with Crippen molar-refractivity contribution in [2.24, 2.45) is 0 Å². The zero-order valence-electron chi connectivity index (χ0n) is 14.0. The predicted octanol–water partition coefficient (Wildman–Crippen LogP) is 4.40. The van der Waals surface area contributed by atoms with Crippen molar-refractivity contribution < 1.29 is 0 Å². The first-order chi connectivity index (χ1) is 12.3. The number of likely N-dealkylation sites (tertiary alicyclic amines) is 1. The van der Waals surface area contributed by atoms with Crippen molar-refractivity contribution in [3.63, 3.8) is 0 Å². The summed E-state index contributed by atoms with van der Waals surface area (Å²) in [5.74, 6) is 0. The number of anilines is 1. The molecular weight excluding hydrogens is 352 g/mol. The second-order valence-corrected chi connectivity index (χ2v) is 8.14. The quantitative estimate of drug-likeness (QED) is 0.738. The fourth-order valence-electron chi connectivity index (χ4n) is 4.02. The Hall–Kier alpha value is -1.56. The van der Waals surface area contributed by atoms with Crippen LogP contribution in [-0.2, 0) is 6.54 Å². The molecule has 1 unspecified atom stereocenters. The molecule has 3 aliphatic heterocycles. The average molecular weight is 373 g/mol. The molecule has 1 aromatic carbocycles. The zero-order chi connectivity index (χ0) is 16.8. The lowest BCUT2D eigenvalue weighted by Gasteiger charge is -2.28. The number of para-hydroxylation sites is 1. The number of nitrogens with zero attached hydrogens (tertiary/aromatic N) is 4. The number of rotatable bonds is 4. The minimum atomic E-state index is 0.194. The molecule has 0 bridgehead atoms. The third-order valence-electron chi connectivity index (χ3n) is 5.28. The van der Waals surface area contributed by atoms with Crippen molar-refractivity contribution in [2.45, 2.75) is 24.9 Å². The van der Waals surface area contributed by atoms with Gasteiger partial charge in [0.1, 0.15) is 5.16 Å². The van der Waals surface area contributed by atoms with E-state index in [1.54, 1.807) is 11.8 Å². The maximum atomic E-state index is 6.60. The molecule has 0 N–H and O–H groups in total. The Bertz CT molecular complexity index is 852. The molecule has 0 amide bonds. The van der Waals surface area contributed by atoms with Crippen molar-refractivity contribution in [2.75, 3.05) is 24.5 Å². The van der Waals surface area contributed by atoms with Crippen molar-refractivity contribution in [3.05, 3.63) is 53.4 Å². The fraction of sp³-hybridized carbons (Fsp3) is 0.368. The molecule has 25 heavy (non-hydrogen) atoms. The molecule has 1 fully saturated rings. The number of aromatic nitrogens is 1. The number of thioether (sulfide) groups is 1. The molecule has 0 radical (unpaired) electrons. The van der Waals surface area contributed by atoms with Gasteiger partial charge in [0.2, 0.25) is 0 Å². The number of hydrogen-bond donors (Lipinski definition) is 0. The van der Waals surface area contributed by atoms with Gasteiger partial charge in [-0.05, 0) is 43.5 Å². The molecule has 2 aromatic rings. The number of hydrogen-bond acceptors (Lipinski definition) is 4. The van der Waals surface area contributed by atoms with Crippen LogP contribution in [0.2, 0.25) is 0 Å². The molecular formula is C19H21ClN4S. The van der Waals surface area contributed by atoms with Gasteiger partial charge in [0.25, 0.3) is 0 Å². The van der Waals surface area contributed by atoms with Crippen LogP contribution in [-0.4, -0.2) is 39.5 Å². The maximum absolute atomic E-state index is 6.60. The van der Waals surface area contributed by atoms with Crippen LogP contribution >= 0.6 is 23.4 Å². The second kappa shape index (κ2) is 6.31. The van der Waals surface area contributed by atoms with Gasteiger partial charge in [-0.25, -0.2) is 0 Å². The van der Waals surface area contributed by atoms with Gasteiger partial charge >= 0.3 is 0 Å². The normalized spacial score (nSPS) is 23.1. The van der Waals surface area contributed by atoms with Crippen molar-refractivity contribution in [1.29, 1.82) is 0 Å². The Morgan fingerprint density at radius 1 is 1.12 bits per heavy atom. The second-order valence-electron chi connectivity index (χ2n) is 6.79. The molecule has 6 heteroatoms. The summed E-state index contributed by atoms with van der Waals surface area (Å²) < 4.78 is 2.39. The van der Waals surface area contributed by atoms with Crippen LogP contribution in [0, 0.1) is 0 Å². The first-order valence-electron chi connectivity index (χ1n) is 8.88. The Labute approximate surface area is 157 Å². The minimum absolute atomic E-state index is 0.194. The van der Waals surface area contributed by atoms with Crippen LogP contribution in [0.5, 0.6) is 0 Å². The Morgan fingerprint density at radius 2 is 2.00 bits per heavy atom. The summed E-state index contributed by atoms with van der Waals surface area (Å²) in [7, 11) is 0. The number of benzene rings is 1. The van der Waals surface area contributed by atoms with E-state index in [-0.39, 0.29) is 5.50 Å². The third-order valence-corrected chi connectivity index (χ3v) is 6.53. The van der Waals surface area contributed by atoms with Crippen LogP contribution in [0.4, 0.5) is 5.69 Å². The zero-order valence-corrected chi connectivity index (χ0v) is 15.6. The molecule has 1 atom stereocenters. The van der Waals surface area contributed by atoms with Gasteiger partial charge in [0.05, 0.1) is 11.2 Å². The van der Waals surface area contributed by atoms with Crippen molar-refractivity contribution in [1.82, 2.24) is 14.4 Å². The van der Waals surface area contributed by atoms with E-state index >= 15 is 0 Å². The number of fused-ring (bicyclic) bond motifs is 2. The fourth-order valence-corrected chi connectivity index (χ4v) is 5.35. The molecule has 0 saturated carbocycles. The van der Waals surface area contributed by atoms with Gasteiger partial charge < -0.3 is 14.4 Å². The lowest BCUT2D eigenvalue weighted by molar-refractivity contribution is 0.324. The summed E-state index contributed by atoms with van der Waals surface area (Å²) >= 11 is 8.38. The van der Waals surface area contributed by atoms with E-state index in [9.17, 15) is 0 Å². The lowest BCUT2D eigenvalue weighted by atomic mass is 10.2. The molecule has 3 aliphatic rings. The van der Waals surface area contributed by atoms with E-state index < -0.39 is 0 Å². The standard InChI is InChI=1S/C19H21ClN4S/c20-17-14-23-12-13-25-19(23)24(17)16-5-3-4-15-6-9-22(18(15)16)11-10-21-7-1-2-8-21/h3-6,9,12-14,19H,1-2,7-8,10-11H2. The monoisotopic (exact) mass is 372 g/mol. The largest absolute Gasteiger partial charge is 0.345 e. The van der Waals surface area contributed by atoms with Crippen LogP contribution in [0.3, 0.4) is 0 Å². The van der Waals surface area contributed by atoms with Gasteiger partial charge in [-0.2, -0.15) is 0 Å². The maximum Gasteiger partial charge on any atom is 0.163 e. The highest BCUT2D eigenvalue weighted by atomic mass is 35.5. The van der Waals surface area contributed by atoms with Crippen molar-refractivity contribution >= 4 is 40.0 Å². The van der Waals surface area contributed by atoms with E-state index in [0.717, 1.165) is 18.2 Å². The third kappa shape index (κ3) is 2.65. The highest BCUT2D eigenvalue weighted by molar-refractivity contribution is 8.03.